The summed E-state index contributed by atoms with van der Waals surface area (Å²) in [6.07, 6.45) is 0. The molecule has 0 N–H and O–H groups in total. The molecule has 0 saturated carbocycles. The van der Waals surface area contributed by atoms with Crippen molar-refractivity contribution >= 4 is 5.69 Å². The van der Waals surface area contributed by atoms with E-state index in [9.17, 15) is 0 Å². The van der Waals surface area contributed by atoms with Gasteiger partial charge in [-0.2, -0.15) is 0 Å². The molecular formula is C23H23N. The number of para-hydroxylation sites is 1. The van der Waals surface area contributed by atoms with E-state index in [1.807, 2.05) is 0 Å². The number of benzene rings is 3. The Morgan fingerprint density at radius 2 is 1.17 bits per heavy atom. The molecule has 1 aliphatic heterocycles. The second-order valence-electron chi connectivity index (χ2n) is 6.72. The Bertz CT molecular complexity index is 770. The highest BCUT2D eigenvalue weighted by Crippen LogP contribution is 2.46. The van der Waals surface area contributed by atoms with Crippen molar-refractivity contribution in [3.63, 3.8) is 0 Å². The van der Waals surface area contributed by atoms with E-state index in [0.29, 0.717) is 12.0 Å². The van der Waals surface area contributed by atoms with E-state index >= 15 is 0 Å². The summed E-state index contributed by atoms with van der Waals surface area (Å²) in [6, 6.07) is 31.3. The minimum atomic E-state index is 0.244. The highest BCUT2D eigenvalue weighted by molar-refractivity contribution is 5.64. The summed E-state index contributed by atoms with van der Waals surface area (Å²) in [5.74, 6) is 0.538. The number of hydrogen-bond acceptors (Lipinski definition) is 1. The topological polar surface area (TPSA) is 3.24 Å². The third-order valence-corrected chi connectivity index (χ3v) is 5.38. The van der Waals surface area contributed by atoms with Crippen molar-refractivity contribution in [2.24, 2.45) is 0 Å². The molecule has 0 unspecified atom stereocenters. The molecule has 1 aliphatic rings. The summed E-state index contributed by atoms with van der Waals surface area (Å²) >= 11 is 0. The zero-order valence-electron chi connectivity index (χ0n) is 14.3. The Kier molecular flexibility index (Phi) is 3.86. The molecular weight excluding hydrogens is 290 g/mol. The van der Waals surface area contributed by atoms with Gasteiger partial charge in [0.25, 0.3) is 0 Å². The lowest BCUT2D eigenvalue weighted by atomic mass is 9.95. The lowest BCUT2D eigenvalue weighted by Gasteiger charge is -2.36. The first-order chi connectivity index (χ1) is 11.8. The van der Waals surface area contributed by atoms with Gasteiger partial charge in [0.15, 0.2) is 0 Å². The van der Waals surface area contributed by atoms with Crippen molar-refractivity contribution in [1.82, 2.24) is 0 Å². The molecule has 2 atom stereocenters. The lowest BCUT2D eigenvalue weighted by Crippen LogP contribution is -2.35. The summed E-state index contributed by atoms with van der Waals surface area (Å²) in [5, 5.41) is 0. The van der Waals surface area contributed by atoms with Crippen LogP contribution in [0.1, 0.15) is 42.5 Å². The van der Waals surface area contributed by atoms with Gasteiger partial charge >= 0.3 is 0 Å². The van der Waals surface area contributed by atoms with Crippen LogP contribution < -0.4 is 4.90 Å². The minimum absolute atomic E-state index is 0.244. The van der Waals surface area contributed by atoms with E-state index < -0.39 is 0 Å². The highest BCUT2D eigenvalue weighted by Gasteiger charge is 2.37. The average molecular weight is 313 g/mol. The standard InChI is InChI=1S/C23H23N/c1-17-18(2)24(22-16-10-9-15-21(17)22)23(19-11-5-3-6-12-19)20-13-7-4-8-14-20/h3-18,23H,1-2H3/t17-,18+/m0/s1. The molecule has 4 rings (SSSR count). The molecule has 0 bridgehead atoms. The second kappa shape index (κ2) is 6.16. The first-order valence-electron chi connectivity index (χ1n) is 8.74. The van der Waals surface area contributed by atoms with Gasteiger partial charge in [-0.25, -0.2) is 0 Å². The smallest absolute Gasteiger partial charge is 0.0799 e. The van der Waals surface area contributed by atoms with E-state index in [1.54, 1.807) is 0 Å². The molecule has 0 aliphatic carbocycles. The summed E-state index contributed by atoms with van der Waals surface area (Å²) in [4.78, 5) is 2.60. The molecule has 120 valence electrons. The largest absolute Gasteiger partial charge is 0.357 e. The molecule has 1 heteroatoms. The van der Waals surface area contributed by atoms with E-state index in [1.165, 1.54) is 22.4 Å². The van der Waals surface area contributed by atoms with Crippen molar-refractivity contribution in [2.75, 3.05) is 4.90 Å². The van der Waals surface area contributed by atoms with Crippen LogP contribution in [0.2, 0.25) is 0 Å². The molecule has 0 amide bonds. The number of anilines is 1. The molecule has 3 aromatic carbocycles. The van der Waals surface area contributed by atoms with Gasteiger partial charge in [-0.3, -0.25) is 0 Å². The molecule has 0 radical (unpaired) electrons. The summed E-state index contributed by atoms with van der Waals surface area (Å²) < 4.78 is 0. The van der Waals surface area contributed by atoms with E-state index in [-0.39, 0.29) is 6.04 Å². The van der Waals surface area contributed by atoms with E-state index in [2.05, 4.69) is 104 Å². The van der Waals surface area contributed by atoms with Gasteiger partial charge in [-0.1, -0.05) is 85.8 Å². The van der Waals surface area contributed by atoms with Gasteiger partial charge in [0, 0.05) is 17.6 Å². The normalized spacial score (nSPS) is 19.5. The quantitative estimate of drug-likeness (QED) is 0.591. The Hall–Kier alpha value is -2.54. The maximum absolute atomic E-state index is 2.60. The van der Waals surface area contributed by atoms with Crippen molar-refractivity contribution in [3.05, 3.63) is 102 Å². The summed E-state index contributed by atoms with van der Waals surface area (Å²) in [7, 11) is 0. The van der Waals surface area contributed by atoms with E-state index in [4.69, 9.17) is 0 Å². The van der Waals surface area contributed by atoms with Crippen LogP contribution in [-0.4, -0.2) is 6.04 Å². The second-order valence-corrected chi connectivity index (χ2v) is 6.72. The van der Waals surface area contributed by atoms with Gasteiger partial charge < -0.3 is 4.90 Å². The maximum Gasteiger partial charge on any atom is 0.0799 e. The van der Waals surface area contributed by atoms with Gasteiger partial charge in [-0.15, -0.1) is 0 Å². The van der Waals surface area contributed by atoms with Crippen LogP contribution in [0.15, 0.2) is 84.9 Å². The molecule has 3 aromatic rings. The van der Waals surface area contributed by atoms with Crippen molar-refractivity contribution < 1.29 is 0 Å². The van der Waals surface area contributed by atoms with Gasteiger partial charge in [0.2, 0.25) is 0 Å². The predicted octanol–water partition coefficient (Wildman–Crippen LogP) is 5.79. The van der Waals surface area contributed by atoms with Crippen LogP contribution in [-0.2, 0) is 0 Å². The third kappa shape index (κ3) is 2.41. The number of hydrogen-bond donors (Lipinski definition) is 0. The number of rotatable bonds is 3. The Morgan fingerprint density at radius 1 is 0.667 bits per heavy atom. The molecule has 0 aromatic heterocycles. The first kappa shape index (κ1) is 15.0. The monoisotopic (exact) mass is 313 g/mol. The fourth-order valence-corrected chi connectivity index (χ4v) is 3.99. The van der Waals surface area contributed by atoms with Gasteiger partial charge in [-0.05, 0) is 29.7 Å². The fourth-order valence-electron chi connectivity index (χ4n) is 3.99. The van der Waals surface area contributed by atoms with Crippen LogP contribution >= 0.6 is 0 Å². The first-order valence-corrected chi connectivity index (χ1v) is 8.74. The molecule has 0 saturated heterocycles. The van der Waals surface area contributed by atoms with Gasteiger partial charge in [0.1, 0.15) is 0 Å². The fraction of sp³-hybridized carbons (Fsp3) is 0.217. The zero-order chi connectivity index (χ0) is 16.5. The number of nitrogens with zero attached hydrogens (tertiary/aromatic N) is 1. The zero-order valence-corrected chi connectivity index (χ0v) is 14.3. The van der Waals surface area contributed by atoms with E-state index in [0.717, 1.165) is 0 Å². The molecule has 0 fully saturated rings. The van der Waals surface area contributed by atoms with Gasteiger partial charge in [0.05, 0.1) is 6.04 Å². The highest BCUT2D eigenvalue weighted by atomic mass is 15.2. The molecule has 0 spiro atoms. The van der Waals surface area contributed by atoms with Crippen LogP contribution in [0.4, 0.5) is 5.69 Å². The molecule has 1 nitrogen and oxygen atoms in total. The Labute approximate surface area is 144 Å². The minimum Gasteiger partial charge on any atom is -0.357 e. The van der Waals surface area contributed by atoms with Crippen molar-refractivity contribution in [1.29, 1.82) is 0 Å². The summed E-state index contributed by atoms with van der Waals surface area (Å²) in [5.41, 5.74) is 5.52. The summed E-state index contributed by atoms with van der Waals surface area (Å²) in [6.45, 7) is 4.69. The lowest BCUT2D eigenvalue weighted by molar-refractivity contribution is 0.558. The van der Waals surface area contributed by atoms with Crippen LogP contribution in [0, 0.1) is 0 Å². The van der Waals surface area contributed by atoms with Crippen molar-refractivity contribution in [2.45, 2.75) is 31.8 Å². The van der Waals surface area contributed by atoms with Crippen LogP contribution in [0.5, 0.6) is 0 Å². The maximum atomic E-state index is 2.60. The van der Waals surface area contributed by atoms with Crippen LogP contribution in [0.25, 0.3) is 0 Å². The number of fused-ring (bicyclic) bond motifs is 1. The predicted molar refractivity (Wildman–Crippen MR) is 102 cm³/mol. The third-order valence-electron chi connectivity index (χ3n) is 5.38. The molecule has 1 heterocycles. The molecule has 24 heavy (non-hydrogen) atoms. The van der Waals surface area contributed by atoms with Crippen molar-refractivity contribution in [3.8, 4) is 0 Å². The Balaban J connectivity index is 1.89. The van der Waals surface area contributed by atoms with Crippen LogP contribution in [0.3, 0.4) is 0 Å². The Morgan fingerprint density at radius 3 is 1.75 bits per heavy atom. The average Bonchev–Trinajstić information content (AvgIpc) is 2.90. The SMILES string of the molecule is C[C@@H]1c2ccccc2N(C(c2ccccc2)c2ccccc2)[C@@H]1C.